The Morgan fingerprint density at radius 2 is 0.480 bits per heavy atom. The Morgan fingerprint density at radius 1 is 0.276 bits per heavy atom. The van der Waals surface area contributed by atoms with E-state index >= 15 is 0 Å². The van der Waals surface area contributed by atoms with Crippen molar-refractivity contribution in [1.82, 2.24) is 5.32 Å². The predicted molar refractivity (Wildman–Crippen MR) is 435 cm³/mol. The highest BCUT2D eigenvalue weighted by molar-refractivity contribution is 5.76. The minimum atomic E-state index is -0.841. The van der Waals surface area contributed by atoms with E-state index in [1.165, 1.54) is 462 Å². The van der Waals surface area contributed by atoms with Gasteiger partial charge in [-0.3, -0.25) is 9.59 Å². The molecule has 0 aromatic rings. The number of unbranched alkanes of at least 4 members (excludes halogenated alkanes) is 74. The fraction of sp³-hybridized carbons (Fsp3) is 0.935. The topological polar surface area (TPSA) is 95.9 Å². The van der Waals surface area contributed by atoms with Gasteiger partial charge < -0.3 is 20.3 Å². The van der Waals surface area contributed by atoms with Gasteiger partial charge in [-0.1, -0.05) is 481 Å². The average molecular weight is 1380 g/mol. The van der Waals surface area contributed by atoms with E-state index in [1.54, 1.807) is 6.08 Å². The minimum Gasteiger partial charge on any atom is -0.466 e. The van der Waals surface area contributed by atoms with Gasteiger partial charge in [-0.2, -0.15) is 0 Å². The van der Waals surface area contributed by atoms with Gasteiger partial charge in [0.25, 0.3) is 0 Å². The molecule has 0 aliphatic carbocycles. The molecule has 582 valence electrons. The first-order valence-corrected chi connectivity index (χ1v) is 45.6. The van der Waals surface area contributed by atoms with Crippen LogP contribution in [0.4, 0.5) is 0 Å². The van der Waals surface area contributed by atoms with Crippen molar-refractivity contribution < 1.29 is 24.5 Å². The summed E-state index contributed by atoms with van der Waals surface area (Å²) in [5.41, 5.74) is 0. The Balaban J connectivity index is 3.31. The van der Waals surface area contributed by atoms with Crippen LogP contribution in [-0.2, 0) is 14.3 Å². The lowest BCUT2D eigenvalue weighted by Crippen LogP contribution is -2.45. The molecule has 1 amide bonds. The molecule has 6 heteroatoms. The van der Waals surface area contributed by atoms with Crippen LogP contribution >= 0.6 is 0 Å². The Bertz CT molecular complexity index is 1550. The van der Waals surface area contributed by atoms with Crippen LogP contribution in [0.1, 0.15) is 528 Å². The quantitative estimate of drug-likeness (QED) is 0.0320. The molecule has 3 N–H and O–H groups in total. The summed E-state index contributed by atoms with van der Waals surface area (Å²) in [6.07, 6.45) is 115. The van der Waals surface area contributed by atoms with E-state index in [4.69, 9.17) is 4.74 Å². The number of carbonyl (C=O) groups is 2. The number of carbonyl (C=O) groups excluding carboxylic acids is 2. The zero-order valence-electron chi connectivity index (χ0n) is 67.1. The zero-order valence-corrected chi connectivity index (χ0v) is 67.1. The molecule has 0 aromatic heterocycles. The van der Waals surface area contributed by atoms with Crippen LogP contribution in [0.2, 0.25) is 0 Å². The molecule has 0 aliphatic heterocycles. The number of hydrogen-bond acceptors (Lipinski definition) is 5. The first-order chi connectivity index (χ1) is 48.5. The smallest absolute Gasteiger partial charge is 0.305 e. The molecule has 98 heavy (non-hydrogen) atoms. The SMILES string of the molecule is CCCCCCCC/C=C\CCCCCCCCCCCC(=O)OCCCCCCCCCCCCCCCCCCCCCCCCCCCCCCCCCCCCCCCCCC(=O)NC(CO)C(O)/C=C/CCCCCCCCCCCCCCCCCCCCCCC. The maximum Gasteiger partial charge on any atom is 0.305 e. The van der Waals surface area contributed by atoms with E-state index in [0.717, 1.165) is 38.5 Å². The number of hydrogen-bond donors (Lipinski definition) is 3. The Morgan fingerprint density at radius 3 is 0.724 bits per heavy atom. The van der Waals surface area contributed by atoms with E-state index in [9.17, 15) is 19.8 Å². The summed E-state index contributed by atoms with van der Waals surface area (Å²) in [5.74, 6) is -0.0311. The van der Waals surface area contributed by atoms with Gasteiger partial charge in [0.2, 0.25) is 5.91 Å². The van der Waals surface area contributed by atoms with E-state index in [0.29, 0.717) is 19.4 Å². The lowest BCUT2D eigenvalue weighted by atomic mass is 10.0. The first kappa shape index (κ1) is 96.3. The summed E-state index contributed by atoms with van der Waals surface area (Å²) in [6.45, 7) is 4.97. The van der Waals surface area contributed by atoms with E-state index < -0.39 is 12.1 Å². The van der Waals surface area contributed by atoms with Crippen LogP contribution in [0.5, 0.6) is 0 Å². The summed E-state index contributed by atoms with van der Waals surface area (Å²) in [6, 6.07) is -0.624. The van der Waals surface area contributed by atoms with Gasteiger partial charge in [-0.05, 0) is 57.8 Å². The molecule has 0 aliphatic rings. The van der Waals surface area contributed by atoms with Crippen molar-refractivity contribution in [2.24, 2.45) is 0 Å². The van der Waals surface area contributed by atoms with Crippen LogP contribution in [0.3, 0.4) is 0 Å². The summed E-state index contributed by atoms with van der Waals surface area (Å²) < 4.78 is 5.53. The maximum absolute atomic E-state index is 12.6. The molecule has 0 saturated carbocycles. The third-order valence-corrected chi connectivity index (χ3v) is 21.7. The second kappa shape index (κ2) is 87.7. The summed E-state index contributed by atoms with van der Waals surface area (Å²) >= 11 is 0. The molecule has 2 unspecified atom stereocenters. The van der Waals surface area contributed by atoms with Crippen molar-refractivity contribution in [3.63, 3.8) is 0 Å². The normalized spacial score (nSPS) is 12.5. The van der Waals surface area contributed by atoms with Gasteiger partial charge in [-0.25, -0.2) is 0 Å². The van der Waals surface area contributed by atoms with Crippen LogP contribution in [0.25, 0.3) is 0 Å². The van der Waals surface area contributed by atoms with Gasteiger partial charge in [0.1, 0.15) is 0 Å². The van der Waals surface area contributed by atoms with Crippen LogP contribution in [-0.4, -0.2) is 47.4 Å². The molecule has 0 bridgehead atoms. The number of nitrogens with one attached hydrogen (secondary N) is 1. The minimum absolute atomic E-state index is 0.0248. The highest BCUT2D eigenvalue weighted by Crippen LogP contribution is 2.21. The van der Waals surface area contributed by atoms with Crippen LogP contribution in [0, 0.1) is 0 Å². The molecule has 0 spiro atoms. The van der Waals surface area contributed by atoms with Crippen LogP contribution in [0.15, 0.2) is 24.3 Å². The highest BCUT2D eigenvalue weighted by Gasteiger charge is 2.18. The summed E-state index contributed by atoms with van der Waals surface area (Å²) in [4.78, 5) is 24.7. The lowest BCUT2D eigenvalue weighted by Gasteiger charge is -2.20. The third kappa shape index (κ3) is 83.3. The molecule has 0 fully saturated rings. The second-order valence-corrected chi connectivity index (χ2v) is 31.6. The standard InChI is InChI=1S/C92H179NO5/c1-3-5-7-9-11-13-15-17-19-21-23-24-42-45-49-52-56-60-64-68-72-76-80-84-90(95)89(88-94)93-91(96)85-81-77-73-69-65-61-57-53-50-46-43-40-38-36-34-32-30-28-26-25-27-29-31-33-35-37-39-41-44-47-51-55-59-63-67-71-75-79-83-87-98-92(97)86-82-78-74-70-66-62-58-54-48-22-20-18-16-14-12-10-8-6-4-2/h18,20,80,84,89-90,94-95H,3-17,19,21-79,81-83,85-88H2,1-2H3,(H,93,96)/b20-18-,84-80+. The Kier molecular flexibility index (Phi) is 86.3. The summed E-state index contributed by atoms with van der Waals surface area (Å²) in [7, 11) is 0. The lowest BCUT2D eigenvalue weighted by molar-refractivity contribution is -0.143. The molecule has 0 saturated heterocycles. The number of amides is 1. The van der Waals surface area contributed by atoms with Crippen molar-refractivity contribution in [1.29, 1.82) is 0 Å². The largest absolute Gasteiger partial charge is 0.466 e. The first-order valence-electron chi connectivity index (χ1n) is 45.6. The van der Waals surface area contributed by atoms with E-state index in [1.807, 2.05) is 6.08 Å². The Hall–Kier alpha value is -1.66. The molecule has 0 radical (unpaired) electrons. The predicted octanol–water partition coefficient (Wildman–Crippen LogP) is 30.7. The average Bonchev–Trinajstić information content (AvgIpc) is 1.77. The molecule has 2 atom stereocenters. The molecule has 6 nitrogen and oxygen atoms in total. The van der Waals surface area contributed by atoms with E-state index in [-0.39, 0.29) is 18.5 Å². The number of aliphatic hydroxyl groups excluding tert-OH is 2. The molecule has 0 aromatic carbocycles. The Labute approximate surface area is 615 Å². The van der Waals surface area contributed by atoms with Crippen LogP contribution < -0.4 is 5.32 Å². The second-order valence-electron chi connectivity index (χ2n) is 31.6. The summed E-state index contributed by atoms with van der Waals surface area (Å²) in [5, 5.41) is 23.3. The van der Waals surface area contributed by atoms with Crippen molar-refractivity contribution in [3.8, 4) is 0 Å². The molecular formula is C92H179NO5. The van der Waals surface area contributed by atoms with Gasteiger partial charge in [0.15, 0.2) is 0 Å². The monoisotopic (exact) mass is 1380 g/mol. The number of rotatable bonds is 87. The zero-order chi connectivity index (χ0) is 70.5. The molecular weight excluding hydrogens is 1200 g/mol. The molecule has 0 heterocycles. The molecule has 0 rings (SSSR count). The van der Waals surface area contributed by atoms with Gasteiger partial charge in [0.05, 0.1) is 25.4 Å². The number of allylic oxidation sites excluding steroid dienone is 3. The fourth-order valence-corrected chi connectivity index (χ4v) is 14.8. The fourth-order valence-electron chi connectivity index (χ4n) is 14.8. The van der Waals surface area contributed by atoms with Gasteiger partial charge in [0, 0.05) is 12.8 Å². The van der Waals surface area contributed by atoms with Gasteiger partial charge in [-0.15, -0.1) is 0 Å². The maximum atomic E-state index is 12.6. The van der Waals surface area contributed by atoms with Crippen molar-refractivity contribution in [2.75, 3.05) is 13.2 Å². The highest BCUT2D eigenvalue weighted by atomic mass is 16.5. The van der Waals surface area contributed by atoms with Crippen molar-refractivity contribution in [3.05, 3.63) is 24.3 Å². The number of ether oxygens (including phenoxy) is 1. The van der Waals surface area contributed by atoms with Crippen molar-refractivity contribution >= 4 is 11.9 Å². The third-order valence-electron chi connectivity index (χ3n) is 21.7. The van der Waals surface area contributed by atoms with E-state index in [2.05, 4.69) is 31.3 Å². The van der Waals surface area contributed by atoms with Crippen molar-refractivity contribution in [2.45, 2.75) is 540 Å². The number of esters is 1. The van der Waals surface area contributed by atoms with Gasteiger partial charge >= 0.3 is 5.97 Å². The number of aliphatic hydroxyl groups is 2.